The lowest BCUT2D eigenvalue weighted by molar-refractivity contribution is -0.384. The van der Waals surface area contributed by atoms with E-state index in [4.69, 9.17) is 11.6 Å². The molecule has 0 bridgehead atoms. The van der Waals surface area contributed by atoms with Gasteiger partial charge in [-0.05, 0) is 130 Å². The summed E-state index contributed by atoms with van der Waals surface area (Å²) in [6.07, 6.45) is 3.37. The number of carboxylic acid groups (broad SMARTS) is 1. The van der Waals surface area contributed by atoms with Gasteiger partial charge >= 0.3 is 5.97 Å². The van der Waals surface area contributed by atoms with Crippen LogP contribution in [0, 0.1) is 10.1 Å². The highest BCUT2D eigenvalue weighted by atomic mass is 35.5. The first-order chi connectivity index (χ1) is 31.3. The van der Waals surface area contributed by atoms with Crippen LogP contribution >= 0.6 is 23.4 Å². The van der Waals surface area contributed by atoms with Gasteiger partial charge in [0, 0.05) is 88.8 Å². The summed E-state index contributed by atoms with van der Waals surface area (Å²) in [5.74, 6) is -0.264. The number of piperazine rings is 1. The minimum absolute atomic E-state index is 0.112. The van der Waals surface area contributed by atoms with Crippen molar-refractivity contribution in [2.75, 3.05) is 72.4 Å². The number of nitrogens with one attached hydrogen (secondary N) is 2. The van der Waals surface area contributed by atoms with E-state index in [-0.39, 0.29) is 22.3 Å². The van der Waals surface area contributed by atoms with Gasteiger partial charge < -0.3 is 29.7 Å². The lowest BCUT2D eigenvalue weighted by atomic mass is 9.95. The van der Waals surface area contributed by atoms with Gasteiger partial charge in [0.15, 0.2) is 0 Å². The number of hydrogen-bond acceptors (Lipinski definition) is 10. The van der Waals surface area contributed by atoms with Crippen molar-refractivity contribution in [1.82, 2.24) is 9.47 Å². The molecule has 8 rings (SSSR count). The molecular weight excluding hydrogens is 882 g/mol. The normalized spacial score (nSPS) is 14.5. The largest absolute Gasteiger partial charge is 0.478 e. The van der Waals surface area contributed by atoms with Crippen LogP contribution < -0.4 is 19.8 Å². The van der Waals surface area contributed by atoms with Gasteiger partial charge in [-0.2, -0.15) is 0 Å². The Bertz CT molecular complexity index is 2760. The first-order valence-corrected chi connectivity index (χ1v) is 24.5. The Labute approximate surface area is 389 Å². The average molecular weight is 935 g/mol. The van der Waals surface area contributed by atoms with Gasteiger partial charge in [-0.25, -0.2) is 13.2 Å². The lowest BCUT2D eigenvalue weighted by Gasteiger charge is -2.37. The summed E-state index contributed by atoms with van der Waals surface area (Å²) in [6.45, 7) is 4.36. The highest BCUT2D eigenvalue weighted by Gasteiger charge is 2.31. The number of thioether (sulfide) groups is 1. The molecule has 0 radical (unpaired) electrons. The number of carboxylic acids is 1. The van der Waals surface area contributed by atoms with Crippen LogP contribution in [0.4, 0.5) is 28.4 Å². The predicted molar refractivity (Wildman–Crippen MR) is 263 cm³/mol. The second kappa shape index (κ2) is 20.0. The van der Waals surface area contributed by atoms with Gasteiger partial charge in [-0.3, -0.25) is 14.8 Å². The lowest BCUT2D eigenvalue weighted by Crippen LogP contribution is -2.46. The molecule has 1 aromatic heterocycles. The Hall–Kier alpha value is -6.00. The summed E-state index contributed by atoms with van der Waals surface area (Å²) in [4.78, 5) is 32.1. The van der Waals surface area contributed by atoms with E-state index in [2.05, 4.69) is 41.4 Å². The maximum Gasteiger partial charge on any atom is 0.338 e. The zero-order valence-electron chi connectivity index (χ0n) is 36.3. The Kier molecular flexibility index (Phi) is 14.0. The van der Waals surface area contributed by atoms with Crippen LogP contribution in [0.15, 0.2) is 131 Å². The number of nitro groups is 1. The summed E-state index contributed by atoms with van der Waals surface area (Å²) in [5, 5.41) is 26.8. The van der Waals surface area contributed by atoms with E-state index >= 15 is 0 Å². The van der Waals surface area contributed by atoms with Crippen molar-refractivity contribution in [1.29, 1.82) is 0 Å². The van der Waals surface area contributed by atoms with Gasteiger partial charge in [0.1, 0.15) is 5.69 Å². The average Bonchev–Trinajstić information content (AvgIpc) is 3.66. The summed E-state index contributed by atoms with van der Waals surface area (Å²) in [5.41, 5.74) is 6.86. The maximum absolute atomic E-state index is 13.6. The Morgan fingerprint density at radius 1 is 0.846 bits per heavy atom. The minimum Gasteiger partial charge on any atom is -0.478 e. The van der Waals surface area contributed by atoms with Gasteiger partial charge in [0.25, 0.3) is 15.7 Å². The first-order valence-electron chi connectivity index (χ1n) is 21.7. The number of aromatic carboxylic acids is 1. The Morgan fingerprint density at radius 3 is 2.23 bits per heavy atom. The van der Waals surface area contributed by atoms with Crippen molar-refractivity contribution in [3.63, 3.8) is 0 Å². The third-order valence-electron chi connectivity index (χ3n) is 12.0. The molecule has 13 nitrogen and oxygen atoms in total. The van der Waals surface area contributed by atoms with Gasteiger partial charge in [-0.15, -0.1) is 11.8 Å². The van der Waals surface area contributed by atoms with Crippen LogP contribution in [0.1, 0.15) is 35.3 Å². The molecule has 0 amide bonds. The van der Waals surface area contributed by atoms with Crippen molar-refractivity contribution >= 4 is 67.8 Å². The second-order valence-electron chi connectivity index (χ2n) is 16.6. The Balaban J connectivity index is 0.933. The number of aromatic nitrogens is 1. The molecule has 3 N–H and O–H groups in total. The zero-order valence-corrected chi connectivity index (χ0v) is 38.7. The molecule has 1 fully saturated rings. The van der Waals surface area contributed by atoms with Crippen molar-refractivity contribution in [2.45, 2.75) is 48.1 Å². The number of nitro benzene ring substituents is 1. The van der Waals surface area contributed by atoms with E-state index in [0.717, 1.165) is 82.8 Å². The number of fused-ring (bicyclic) bond motifs is 1. The van der Waals surface area contributed by atoms with Crippen LogP contribution in [-0.4, -0.2) is 92.5 Å². The number of benzene rings is 5. The highest BCUT2D eigenvalue weighted by molar-refractivity contribution is 7.99. The third kappa shape index (κ3) is 10.6. The summed E-state index contributed by atoms with van der Waals surface area (Å²) >= 11 is 7.92. The summed E-state index contributed by atoms with van der Waals surface area (Å²) in [7, 11) is -0.212. The topological polar surface area (TPSA) is 153 Å². The fraction of sp³-hybridized carbons (Fsp3) is 0.286. The van der Waals surface area contributed by atoms with Crippen LogP contribution in [0.25, 0.3) is 22.4 Å². The fourth-order valence-corrected chi connectivity index (χ4v) is 10.9. The molecule has 65 heavy (non-hydrogen) atoms. The minimum atomic E-state index is -4.16. The molecule has 3 heterocycles. The monoisotopic (exact) mass is 933 g/mol. The number of hydrogen-bond donors (Lipinski definition) is 3. The molecule has 338 valence electrons. The third-order valence-corrected chi connectivity index (χ3v) is 14.8. The van der Waals surface area contributed by atoms with E-state index in [9.17, 15) is 28.4 Å². The standard InChI is InChI=1S/C49H52ClN7O6S2/c1-53(2)26-24-38(33-64-41-11-4-3-5-12-41)51-43-23-22-42(32-45(43)57(60)61)65(62,63)52-37-18-20-39(21-19-37)54-27-29-55(30-28-54)40-10-8-9-35(31-40)46-47(49(58)59)44-13-6-7-25-56(44)48(46)34-14-16-36(50)17-15-34/h3-5,8-12,14-23,31-32,38,51-52H,6-7,13,24-30,33H2,1-2H3,(H,58,59)/t38-/m1/s1. The number of nitrogens with zero attached hydrogens (tertiary/aromatic N) is 5. The summed E-state index contributed by atoms with van der Waals surface area (Å²) in [6, 6.07) is 36.7. The summed E-state index contributed by atoms with van der Waals surface area (Å²) < 4.78 is 32.0. The molecule has 1 atom stereocenters. The maximum atomic E-state index is 13.6. The molecule has 0 unspecified atom stereocenters. The van der Waals surface area contributed by atoms with Crippen molar-refractivity contribution in [2.24, 2.45) is 0 Å². The van der Waals surface area contributed by atoms with E-state index in [1.165, 1.54) is 12.1 Å². The molecule has 2 aliphatic heterocycles. The highest BCUT2D eigenvalue weighted by Crippen LogP contribution is 2.43. The van der Waals surface area contributed by atoms with Crippen molar-refractivity contribution < 1.29 is 23.2 Å². The predicted octanol–water partition coefficient (Wildman–Crippen LogP) is 10.1. The van der Waals surface area contributed by atoms with E-state index < -0.39 is 20.9 Å². The number of anilines is 4. The van der Waals surface area contributed by atoms with Crippen LogP contribution in [0.2, 0.25) is 5.02 Å². The molecule has 16 heteroatoms. The van der Waals surface area contributed by atoms with E-state index in [1.807, 2.05) is 93.0 Å². The number of halogens is 1. The number of rotatable bonds is 17. The quantitative estimate of drug-likeness (QED) is 0.0455. The molecule has 5 aromatic carbocycles. The molecule has 0 saturated carbocycles. The molecule has 0 aliphatic carbocycles. The number of sulfonamides is 1. The van der Waals surface area contributed by atoms with Crippen LogP contribution in [0.3, 0.4) is 0 Å². The molecule has 0 spiro atoms. The fourth-order valence-electron chi connectivity index (χ4n) is 8.69. The Morgan fingerprint density at radius 2 is 1.55 bits per heavy atom. The smallest absolute Gasteiger partial charge is 0.338 e. The SMILES string of the molecule is CN(C)CC[C@H](CSc1ccccc1)Nc1ccc(S(=O)(=O)Nc2ccc(N3CCN(c4cccc(-c5c(C(=O)O)c6n(c5-c5ccc(Cl)cc5)CCCC6)c4)CC3)cc2)cc1[N+](=O)[O-]. The zero-order chi connectivity index (χ0) is 45.7. The van der Waals surface area contributed by atoms with E-state index in [0.29, 0.717) is 54.6 Å². The van der Waals surface area contributed by atoms with Gasteiger partial charge in [0.2, 0.25) is 0 Å². The van der Waals surface area contributed by atoms with Crippen LogP contribution in [0.5, 0.6) is 0 Å². The molecular formula is C49H52ClN7O6S2. The first kappa shape index (κ1) is 45.6. The number of carbonyl (C=O) groups is 1. The van der Waals surface area contributed by atoms with E-state index in [1.54, 1.807) is 23.9 Å². The molecule has 2 aliphatic rings. The van der Waals surface area contributed by atoms with Crippen molar-refractivity contribution in [3.8, 4) is 22.4 Å². The van der Waals surface area contributed by atoms with Crippen LogP contribution in [-0.2, 0) is 23.0 Å². The second-order valence-corrected chi connectivity index (χ2v) is 19.8. The molecule has 1 saturated heterocycles. The van der Waals surface area contributed by atoms with Gasteiger partial charge in [0.05, 0.1) is 21.1 Å². The van der Waals surface area contributed by atoms with Gasteiger partial charge in [-0.1, -0.05) is 54.1 Å². The van der Waals surface area contributed by atoms with Crippen molar-refractivity contribution in [3.05, 3.63) is 148 Å². The molecule has 6 aromatic rings.